The lowest BCUT2D eigenvalue weighted by molar-refractivity contribution is 0.102. The van der Waals surface area contributed by atoms with Crippen LogP contribution in [-0.2, 0) is 5.41 Å². The maximum Gasteiger partial charge on any atom is 0.276 e. The molecule has 24 heavy (non-hydrogen) atoms. The zero-order chi connectivity index (χ0) is 17.5. The zero-order valence-electron chi connectivity index (χ0n) is 13.5. The van der Waals surface area contributed by atoms with Gasteiger partial charge in [0.05, 0.1) is 17.6 Å². The Morgan fingerprint density at radius 1 is 1.17 bits per heavy atom. The molecule has 3 rings (SSSR count). The minimum Gasteiger partial charge on any atom is -0.318 e. The smallest absolute Gasteiger partial charge is 0.276 e. The van der Waals surface area contributed by atoms with E-state index in [2.05, 4.69) is 15.4 Å². The molecule has 0 saturated carbocycles. The van der Waals surface area contributed by atoms with Crippen LogP contribution >= 0.6 is 0 Å². The Labute approximate surface area is 137 Å². The molecular formula is C17H16F2N4O. The summed E-state index contributed by atoms with van der Waals surface area (Å²) in [6, 6.07) is 5.99. The molecule has 0 atom stereocenters. The molecule has 0 unspecified atom stereocenters. The fraction of sp³-hybridized carbons (Fsp3) is 0.235. The number of hydrogen-bond donors (Lipinski definition) is 1. The summed E-state index contributed by atoms with van der Waals surface area (Å²) in [6.45, 7) is 6.07. The topological polar surface area (TPSA) is 59.3 Å². The Morgan fingerprint density at radius 3 is 2.62 bits per heavy atom. The largest absolute Gasteiger partial charge is 0.318 e. The standard InChI is InChI=1S/C17H16F2N4O/c1-17(2,3)14-9-23-15(21-14)7-6-12(22-23)16(24)20-13-8-10(18)4-5-11(13)19/h4-9H,1-3H3,(H,20,24). The van der Waals surface area contributed by atoms with E-state index in [-0.39, 0.29) is 16.8 Å². The van der Waals surface area contributed by atoms with Crippen molar-refractivity contribution in [3.8, 4) is 0 Å². The molecule has 2 aromatic heterocycles. The molecule has 0 aliphatic heterocycles. The van der Waals surface area contributed by atoms with E-state index in [1.54, 1.807) is 12.3 Å². The van der Waals surface area contributed by atoms with E-state index < -0.39 is 17.5 Å². The first kappa shape index (κ1) is 16.0. The number of anilines is 1. The summed E-state index contributed by atoms with van der Waals surface area (Å²) < 4.78 is 28.3. The number of halogens is 2. The van der Waals surface area contributed by atoms with Crippen molar-refractivity contribution in [2.24, 2.45) is 0 Å². The van der Waals surface area contributed by atoms with Crippen LogP contribution in [0.15, 0.2) is 36.5 Å². The van der Waals surface area contributed by atoms with Crippen molar-refractivity contribution in [2.45, 2.75) is 26.2 Å². The number of nitrogens with zero attached hydrogens (tertiary/aromatic N) is 3. The number of hydrogen-bond acceptors (Lipinski definition) is 3. The number of fused-ring (bicyclic) bond motifs is 1. The van der Waals surface area contributed by atoms with Gasteiger partial charge < -0.3 is 5.32 Å². The molecule has 7 heteroatoms. The van der Waals surface area contributed by atoms with Gasteiger partial charge in [-0.2, -0.15) is 5.10 Å². The van der Waals surface area contributed by atoms with E-state index in [0.717, 1.165) is 23.9 Å². The summed E-state index contributed by atoms with van der Waals surface area (Å²) in [5.41, 5.74) is 1.13. The summed E-state index contributed by atoms with van der Waals surface area (Å²) in [4.78, 5) is 16.7. The van der Waals surface area contributed by atoms with E-state index in [9.17, 15) is 13.6 Å². The predicted octanol–water partition coefficient (Wildman–Crippen LogP) is 3.56. The molecule has 1 aromatic carbocycles. The van der Waals surface area contributed by atoms with Crippen LogP contribution in [0.1, 0.15) is 37.0 Å². The van der Waals surface area contributed by atoms with Crippen LogP contribution in [0.5, 0.6) is 0 Å². The first-order valence-corrected chi connectivity index (χ1v) is 7.37. The second-order valence-electron chi connectivity index (χ2n) is 6.48. The van der Waals surface area contributed by atoms with Crippen molar-refractivity contribution in [3.63, 3.8) is 0 Å². The van der Waals surface area contributed by atoms with Gasteiger partial charge in [-0.05, 0) is 24.3 Å². The maximum absolute atomic E-state index is 13.6. The second-order valence-corrected chi connectivity index (χ2v) is 6.48. The lowest BCUT2D eigenvalue weighted by Gasteiger charge is -2.13. The number of aromatic nitrogens is 3. The molecule has 1 N–H and O–H groups in total. The van der Waals surface area contributed by atoms with Crippen LogP contribution in [0.25, 0.3) is 5.65 Å². The van der Waals surface area contributed by atoms with Gasteiger partial charge in [0.1, 0.15) is 17.3 Å². The van der Waals surface area contributed by atoms with Gasteiger partial charge in [0, 0.05) is 11.5 Å². The highest BCUT2D eigenvalue weighted by Gasteiger charge is 2.19. The number of benzene rings is 1. The van der Waals surface area contributed by atoms with E-state index in [1.807, 2.05) is 20.8 Å². The molecule has 0 spiro atoms. The van der Waals surface area contributed by atoms with E-state index in [4.69, 9.17) is 0 Å². The lowest BCUT2D eigenvalue weighted by Crippen LogP contribution is -2.16. The van der Waals surface area contributed by atoms with E-state index in [1.165, 1.54) is 10.6 Å². The Hall–Kier alpha value is -2.83. The highest BCUT2D eigenvalue weighted by molar-refractivity contribution is 6.02. The van der Waals surface area contributed by atoms with Crippen molar-refractivity contribution in [2.75, 3.05) is 5.32 Å². The van der Waals surface area contributed by atoms with Gasteiger partial charge in [0.15, 0.2) is 5.65 Å². The number of rotatable bonds is 2. The van der Waals surface area contributed by atoms with Gasteiger partial charge in [-0.1, -0.05) is 20.8 Å². The van der Waals surface area contributed by atoms with Crippen LogP contribution in [0.2, 0.25) is 0 Å². The van der Waals surface area contributed by atoms with Crippen molar-refractivity contribution in [1.29, 1.82) is 0 Å². The molecular weight excluding hydrogens is 314 g/mol. The minimum absolute atomic E-state index is 0.0732. The first-order chi connectivity index (χ1) is 11.2. The number of amides is 1. The van der Waals surface area contributed by atoms with Crippen LogP contribution in [-0.4, -0.2) is 20.5 Å². The molecule has 3 aromatic rings. The minimum atomic E-state index is -0.719. The van der Waals surface area contributed by atoms with Crippen molar-refractivity contribution < 1.29 is 13.6 Å². The highest BCUT2D eigenvalue weighted by atomic mass is 19.1. The van der Waals surface area contributed by atoms with Crippen molar-refractivity contribution in [1.82, 2.24) is 14.6 Å². The highest BCUT2D eigenvalue weighted by Crippen LogP contribution is 2.21. The number of imidazole rings is 1. The van der Waals surface area contributed by atoms with Crippen LogP contribution in [0.4, 0.5) is 14.5 Å². The van der Waals surface area contributed by atoms with Gasteiger partial charge >= 0.3 is 0 Å². The van der Waals surface area contributed by atoms with Crippen LogP contribution < -0.4 is 5.32 Å². The number of carbonyl (C=O) groups is 1. The second kappa shape index (κ2) is 5.67. The Kier molecular flexibility index (Phi) is 3.79. The SMILES string of the molecule is CC(C)(C)c1cn2nc(C(=O)Nc3cc(F)ccc3F)ccc2n1. The molecule has 2 heterocycles. The van der Waals surface area contributed by atoms with E-state index >= 15 is 0 Å². The molecule has 0 saturated heterocycles. The average molecular weight is 330 g/mol. The van der Waals surface area contributed by atoms with Crippen molar-refractivity contribution in [3.05, 3.63) is 59.6 Å². The molecule has 124 valence electrons. The third-order valence-corrected chi connectivity index (χ3v) is 3.50. The third kappa shape index (κ3) is 3.10. The normalized spacial score (nSPS) is 11.7. The monoisotopic (exact) mass is 330 g/mol. The van der Waals surface area contributed by atoms with Gasteiger partial charge in [0.25, 0.3) is 5.91 Å². The predicted molar refractivity (Wildman–Crippen MR) is 86.0 cm³/mol. The molecule has 1 amide bonds. The van der Waals surface area contributed by atoms with E-state index in [0.29, 0.717) is 5.65 Å². The summed E-state index contributed by atoms with van der Waals surface area (Å²) >= 11 is 0. The van der Waals surface area contributed by atoms with Gasteiger partial charge in [-0.15, -0.1) is 0 Å². The number of nitrogens with one attached hydrogen (secondary N) is 1. The van der Waals surface area contributed by atoms with Gasteiger partial charge in [-0.25, -0.2) is 18.3 Å². The fourth-order valence-corrected chi connectivity index (χ4v) is 2.14. The van der Waals surface area contributed by atoms with Gasteiger partial charge in [-0.3, -0.25) is 4.79 Å². The average Bonchev–Trinajstić information content (AvgIpc) is 2.94. The summed E-state index contributed by atoms with van der Waals surface area (Å²) in [5, 5.41) is 6.50. The summed E-state index contributed by atoms with van der Waals surface area (Å²) in [7, 11) is 0. The third-order valence-electron chi connectivity index (χ3n) is 3.50. The zero-order valence-corrected chi connectivity index (χ0v) is 13.5. The molecule has 0 aliphatic rings. The summed E-state index contributed by atoms with van der Waals surface area (Å²) in [5.74, 6) is -1.99. The molecule has 0 fully saturated rings. The summed E-state index contributed by atoms with van der Waals surface area (Å²) in [6.07, 6.45) is 1.74. The molecule has 5 nitrogen and oxygen atoms in total. The molecule has 0 aliphatic carbocycles. The Balaban J connectivity index is 1.91. The Bertz CT molecular complexity index is 928. The van der Waals surface area contributed by atoms with Crippen molar-refractivity contribution >= 4 is 17.2 Å². The fourth-order valence-electron chi connectivity index (χ4n) is 2.14. The number of carbonyl (C=O) groups excluding carboxylic acids is 1. The maximum atomic E-state index is 13.6. The lowest BCUT2D eigenvalue weighted by atomic mass is 9.93. The molecule has 0 radical (unpaired) electrons. The Morgan fingerprint density at radius 2 is 1.92 bits per heavy atom. The first-order valence-electron chi connectivity index (χ1n) is 7.37. The van der Waals surface area contributed by atoms with Crippen LogP contribution in [0.3, 0.4) is 0 Å². The van der Waals surface area contributed by atoms with Crippen LogP contribution in [0, 0.1) is 11.6 Å². The van der Waals surface area contributed by atoms with Gasteiger partial charge in [0.2, 0.25) is 0 Å². The molecule has 0 bridgehead atoms. The quantitative estimate of drug-likeness (QED) is 0.781.